The van der Waals surface area contributed by atoms with Crippen LogP contribution in [0, 0.1) is 11.3 Å². The third-order valence-electron chi connectivity index (χ3n) is 3.00. The first kappa shape index (κ1) is 14.7. The summed E-state index contributed by atoms with van der Waals surface area (Å²) < 4.78 is 43.8. The van der Waals surface area contributed by atoms with Gasteiger partial charge in [-0.1, -0.05) is 0 Å². The van der Waals surface area contributed by atoms with Crippen LogP contribution in [0.1, 0.15) is 30.4 Å². The quantitative estimate of drug-likeness (QED) is 0.816. The molecule has 1 aliphatic carbocycles. The van der Waals surface area contributed by atoms with Gasteiger partial charge in [-0.05, 0) is 44.0 Å². The van der Waals surface area contributed by atoms with Crippen LogP contribution in [0.3, 0.4) is 0 Å². The molecule has 2 rings (SSSR count). The van der Waals surface area contributed by atoms with E-state index in [0.29, 0.717) is 12.5 Å². The second-order valence-corrected chi connectivity index (χ2v) is 4.75. The maximum absolute atomic E-state index is 12.9. The minimum atomic E-state index is -4.52. The van der Waals surface area contributed by atoms with Gasteiger partial charge in [0.05, 0.1) is 23.8 Å². The zero-order chi connectivity index (χ0) is 14.6. The summed E-state index contributed by atoms with van der Waals surface area (Å²) in [6.45, 7) is 0.955. The molecule has 0 saturated heterocycles. The average molecular weight is 284 g/mol. The Labute approximate surface area is 115 Å². The van der Waals surface area contributed by atoms with E-state index in [9.17, 15) is 13.2 Å². The van der Waals surface area contributed by atoms with Gasteiger partial charge in [0.25, 0.3) is 0 Å². The lowest BCUT2D eigenvalue weighted by molar-refractivity contribution is -0.139. The Morgan fingerprint density at radius 3 is 2.70 bits per heavy atom. The Morgan fingerprint density at radius 2 is 2.10 bits per heavy atom. The second kappa shape index (κ2) is 6.14. The third kappa shape index (κ3) is 4.14. The molecule has 0 atom stereocenters. The van der Waals surface area contributed by atoms with Gasteiger partial charge in [0.2, 0.25) is 0 Å². The van der Waals surface area contributed by atoms with E-state index < -0.39 is 11.7 Å². The van der Waals surface area contributed by atoms with E-state index in [1.165, 1.54) is 25.0 Å². The first-order valence-corrected chi connectivity index (χ1v) is 6.48. The number of alkyl halides is 3. The van der Waals surface area contributed by atoms with Crippen molar-refractivity contribution in [3.8, 4) is 11.8 Å². The normalized spacial score (nSPS) is 14.9. The molecule has 1 fully saturated rings. The molecule has 0 bridgehead atoms. The number of nitrogens with one attached hydrogen (secondary N) is 1. The van der Waals surface area contributed by atoms with Crippen molar-refractivity contribution in [2.45, 2.75) is 31.5 Å². The highest BCUT2D eigenvalue weighted by atomic mass is 19.4. The standard InChI is InChI=1S/C14H15F3N2O/c15-14(16,17)12-8-10(9-18)2-5-13(12)20-7-1-6-19-11-3-4-11/h2,5,8,11,19H,1,3-4,6-7H2. The van der Waals surface area contributed by atoms with Crippen LogP contribution in [0.2, 0.25) is 0 Å². The highest BCUT2D eigenvalue weighted by molar-refractivity contribution is 5.43. The van der Waals surface area contributed by atoms with Gasteiger partial charge in [-0.2, -0.15) is 18.4 Å². The first-order valence-electron chi connectivity index (χ1n) is 6.48. The molecule has 0 aromatic heterocycles. The lowest BCUT2D eigenvalue weighted by atomic mass is 10.1. The Bertz CT molecular complexity index is 504. The van der Waals surface area contributed by atoms with Crippen LogP contribution in [-0.4, -0.2) is 19.2 Å². The summed E-state index contributed by atoms with van der Waals surface area (Å²) in [5.74, 6) is -0.220. The number of hydrogen-bond acceptors (Lipinski definition) is 3. The fourth-order valence-electron chi connectivity index (χ4n) is 1.79. The average Bonchev–Trinajstić information content (AvgIpc) is 3.21. The van der Waals surface area contributed by atoms with Gasteiger partial charge in [-0.3, -0.25) is 0 Å². The molecule has 6 heteroatoms. The molecule has 1 aromatic carbocycles. The Balaban J connectivity index is 1.93. The third-order valence-corrected chi connectivity index (χ3v) is 3.00. The fraction of sp³-hybridized carbons (Fsp3) is 0.500. The van der Waals surface area contributed by atoms with Crippen molar-refractivity contribution < 1.29 is 17.9 Å². The highest BCUT2D eigenvalue weighted by Gasteiger charge is 2.34. The topological polar surface area (TPSA) is 45.0 Å². The molecule has 1 aliphatic rings. The molecule has 20 heavy (non-hydrogen) atoms. The Hall–Kier alpha value is -1.74. The van der Waals surface area contributed by atoms with Crippen LogP contribution in [0.5, 0.6) is 5.75 Å². The number of rotatable bonds is 6. The largest absolute Gasteiger partial charge is 0.493 e. The molecule has 0 spiro atoms. The molecule has 0 amide bonds. The van der Waals surface area contributed by atoms with Crippen molar-refractivity contribution >= 4 is 0 Å². The van der Waals surface area contributed by atoms with E-state index in [2.05, 4.69) is 5.32 Å². The summed E-state index contributed by atoms with van der Waals surface area (Å²) in [5, 5.41) is 11.9. The predicted molar refractivity (Wildman–Crippen MR) is 67.3 cm³/mol. The van der Waals surface area contributed by atoms with E-state index >= 15 is 0 Å². The number of halogens is 3. The Morgan fingerprint density at radius 1 is 1.35 bits per heavy atom. The monoisotopic (exact) mass is 284 g/mol. The van der Waals surface area contributed by atoms with Crippen LogP contribution in [-0.2, 0) is 6.18 Å². The number of nitrogens with zero attached hydrogens (tertiary/aromatic N) is 1. The molecular formula is C14H15F3N2O. The maximum atomic E-state index is 12.9. The van der Waals surface area contributed by atoms with Crippen LogP contribution < -0.4 is 10.1 Å². The van der Waals surface area contributed by atoms with Gasteiger partial charge in [-0.15, -0.1) is 0 Å². The van der Waals surface area contributed by atoms with Crippen LogP contribution in [0.4, 0.5) is 13.2 Å². The van der Waals surface area contributed by atoms with Crippen molar-refractivity contribution in [1.82, 2.24) is 5.32 Å². The van der Waals surface area contributed by atoms with Crippen molar-refractivity contribution in [2.75, 3.05) is 13.2 Å². The molecule has 108 valence electrons. The van der Waals surface area contributed by atoms with E-state index in [1.54, 1.807) is 6.07 Å². The van der Waals surface area contributed by atoms with Crippen molar-refractivity contribution in [3.05, 3.63) is 29.3 Å². The molecule has 1 aromatic rings. The second-order valence-electron chi connectivity index (χ2n) is 4.75. The van der Waals surface area contributed by atoms with Gasteiger partial charge < -0.3 is 10.1 Å². The van der Waals surface area contributed by atoms with Crippen LogP contribution in [0.25, 0.3) is 0 Å². The first-order chi connectivity index (χ1) is 9.50. The lowest BCUT2D eigenvalue weighted by Crippen LogP contribution is -2.19. The van der Waals surface area contributed by atoms with E-state index in [1.807, 2.05) is 0 Å². The fourth-order valence-corrected chi connectivity index (χ4v) is 1.79. The molecule has 0 aliphatic heterocycles. The minimum Gasteiger partial charge on any atom is -0.493 e. The van der Waals surface area contributed by atoms with Gasteiger partial charge in [-0.25, -0.2) is 0 Å². The zero-order valence-corrected chi connectivity index (χ0v) is 10.8. The maximum Gasteiger partial charge on any atom is 0.420 e. The van der Waals surface area contributed by atoms with Gasteiger partial charge in [0.1, 0.15) is 5.75 Å². The molecule has 0 heterocycles. The summed E-state index contributed by atoms with van der Waals surface area (Å²) in [5.41, 5.74) is -0.924. The summed E-state index contributed by atoms with van der Waals surface area (Å²) in [7, 11) is 0. The van der Waals surface area contributed by atoms with Crippen molar-refractivity contribution in [3.63, 3.8) is 0 Å². The molecular weight excluding hydrogens is 269 g/mol. The molecule has 0 radical (unpaired) electrons. The smallest absolute Gasteiger partial charge is 0.420 e. The highest BCUT2D eigenvalue weighted by Crippen LogP contribution is 2.36. The van der Waals surface area contributed by atoms with E-state index in [-0.39, 0.29) is 17.9 Å². The number of ether oxygens (including phenoxy) is 1. The van der Waals surface area contributed by atoms with Gasteiger partial charge in [0.15, 0.2) is 0 Å². The Kier molecular flexibility index (Phi) is 4.50. The summed E-state index contributed by atoms with van der Waals surface area (Å²) >= 11 is 0. The zero-order valence-electron chi connectivity index (χ0n) is 10.8. The summed E-state index contributed by atoms with van der Waals surface area (Å²) in [6.07, 6.45) is -1.52. The molecule has 1 N–H and O–H groups in total. The van der Waals surface area contributed by atoms with E-state index in [0.717, 1.165) is 12.6 Å². The van der Waals surface area contributed by atoms with Gasteiger partial charge >= 0.3 is 6.18 Å². The lowest BCUT2D eigenvalue weighted by Gasteiger charge is -2.14. The van der Waals surface area contributed by atoms with Crippen molar-refractivity contribution in [1.29, 1.82) is 5.26 Å². The SMILES string of the molecule is N#Cc1ccc(OCCCNC2CC2)c(C(F)(F)F)c1. The summed E-state index contributed by atoms with van der Waals surface area (Å²) in [4.78, 5) is 0. The molecule has 1 saturated carbocycles. The predicted octanol–water partition coefficient (Wildman–Crippen LogP) is 3.10. The van der Waals surface area contributed by atoms with Gasteiger partial charge in [0, 0.05) is 6.04 Å². The van der Waals surface area contributed by atoms with Crippen molar-refractivity contribution in [2.24, 2.45) is 0 Å². The minimum absolute atomic E-state index is 0.0277. The van der Waals surface area contributed by atoms with E-state index in [4.69, 9.17) is 10.00 Å². The molecule has 0 unspecified atom stereocenters. The molecule has 3 nitrogen and oxygen atoms in total. The number of benzene rings is 1. The van der Waals surface area contributed by atoms with Crippen LogP contribution >= 0.6 is 0 Å². The summed E-state index contributed by atoms with van der Waals surface area (Å²) in [6, 6.07) is 5.62. The van der Waals surface area contributed by atoms with Crippen LogP contribution in [0.15, 0.2) is 18.2 Å². The number of nitriles is 1. The number of hydrogen-bond donors (Lipinski definition) is 1.